The Labute approximate surface area is 74.0 Å². The van der Waals surface area contributed by atoms with Gasteiger partial charge in [0, 0.05) is 19.8 Å². The lowest BCUT2D eigenvalue weighted by atomic mass is 10.2. The van der Waals surface area contributed by atoms with Crippen LogP contribution in [-0.4, -0.2) is 25.0 Å². The summed E-state index contributed by atoms with van der Waals surface area (Å²) in [4.78, 5) is 2.15. The van der Waals surface area contributed by atoms with E-state index < -0.39 is 0 Å². The second-order valence-corrected chi connectivity index (χ2v) is 2.95. The summed E-state index contributed by atoms with van der Waals surface area (Å²) in [6, 6.07) is 0. The van der Waals surface area contributed by atoms with E-state index >= 15 is 0 Å². The number of rotatable bonds is 3. The van der Waals surface area contributed by atoms with Gasteiger partial charge >= 0.3 is 0 Å². The third-order valence-electron chi connectivity index (χ3n) is 1.72. The van der Waals surface area contributed by atoms with Crippen molar-refractivity contribution in [1.29, 1.82) is 0 Å². The fourth-order valence-corrected chi connectivity index (χ4v) is 1.12. The quantitative estimate of drug-likeness (QED) is 0.680. The first kappa shape index (κ1) is 9.07. The third kappa shape index (κ3) is 2.93. The zero-order valence-electron chi connectivity index (χ0n) is 7.53. The van der Waals surface area contributed by atoms with Crippen LogP contribution in [0, 0.1) is 0 Å². The van der Waals surface area contributed by atoms with Gasteiger partial charge in [-0.25, -0.2) is 0 Å². The minimum absolute atomic E-state index is 0.726. The Morgan fingerprint density at radius 2 is 2.50 bits per heavy atom. The average Bonchev–Trinajstić information content (AvgIpc) is 2.05. The highest BCUT2D eigenvalue weighted by Crippen LogP contribution is 2.06. The smallest absolute Gasteiger partial charge is 0.0354 e. The van der Waals surface area contributed by atoms with Gasteiger partial charge in [-0.05, 0) is 18.5 Å². The van der Waals surface area contributed by atoms with Crippen molar-refractivity contribution in [1.82, 2.24) is 4.90 Å². The van der Waals surface area contributed by atoms with Crippen molar-refractivity contribution < 1.29 is 0 Å². The van der Waals surface area contributed by atoms with Crippen LogP contribution in [0.2, 0.25) is 0 Å². The van der Waals surface area contributed by atoms with Crippen molar-refractivity contribution in [2.24, 2.45) is 5.73 Å². The van der Waals surface area contributed by atoms with E-state index in [-0.39, 0.29) is 0 Å². The van der Waals surface area contributed by atoms with Crippen molar-refractivity contribution in [3.8, 4) is 0 Å². The van der Waals surface area contributed by atoms with E-state index in [0.29, 0.717) is 0 Å². The molecule has 0 saturated heterocycles. The van der Waals surface area contributed by atoms with Gasteiger partial charge in [0.1, 0.15) is 0 Å². The van der Waals surface area contributed by atoms with Crippen molar-refractivity contribution in [3.63, 3.8) is 0 Å². The maximum atomic E-state index is 5.37. The predicted octanol–water partition coefficient (Wildman–Crippen LogP) is 1.28. The third-order valence-corrected chi connectivity index (χ3v) is 1.72. The number of hydrogen-bond acceptors (Lipinski definition) is 2. The van der Waals surface area contributed by atoms with Gasteiger partial charge in [0.05, 0.1) is 0 Å². The summed E-state index contributed by atoms with van der Waals surface area (Å²) in [7, 11) is 2.07. The predicted molar refractivity (Wildman–Crippen MR) is 52.7 cm³/mol. The van der Waals surface area contributed by atoms with Crippen LogP contribution in [0.15, 0.2) is 36.1 Å². The number of nitrogens with zero attached hydrogens (tertiary/aromatic N) is 1. The number of hydrogen-bond donors (Lipinski definition) is 1. The fraction of sp³-hybridized carbons (Fsp3) is 0.400. The first-order chi connectivity index (χ1) is 5.83. The van der Waals surface area contributed by atoms with Crippen LogP contribution in [0.4, 0.5) is 0 Å². The van der Waals surface area contributed by atoms with Crippen LogP contribution in [-0.2, 0) is 0 Å². The molecule has 0 aromatic carbocycles. The molecular formula is C10H16N2. The maximum Gasteiger partial charge on any atom is 0.0354 e. The topological polar surface area (TPSA) is 29.3 Å². The molecule has 1 heterocycles. The molecule has 0 bridgehead atoms. The van der Waals surface area contributed by atoms with E-state index in [2.05, 4.69) is 42.5 Å². The molecule has 0 amide bonds. The molecule has 2 N–H and O–H groups in total. The Balaban J connectivity index is 2.46. The second kappa shape index (κ2) is 4.78. The molecular weight excluding hydrogens is 148 g/mol. The van der Waals surface area contributed by atoms with Crippen molar-refractivity contribution >= 4 is 0 Å². The molecule has 1 aliphatic heterocycles. The minimum Gasteiger partial charge on any atom is -0.376 e. The largest absolute Gasteiger partial charge is 0.376 e. The minimum atomic E-state index is 0.726. The lowest BCUT2D eigenvalue weighted by Crippen LogP contribution is -2.13. The summed E-state index contributed by atoms with van der Waals surface area (Å²) >= 11 is 0. The summed E-state index contributed by atoms with van der Waals surface area (Å²) in [5.74, 6) is 0. The molecule has 0 atom stereocenters. The van der Waals surface area contributed by atoms with E-state index in [9.17, 15) is 0 Å². The van der Waals surface area contributed by atoms with Crippen molar-refractivity contribution in [2.45, 2.75) is 6.42 Å². The van der Waals surface area contributed by atoms with Crippen LogP contribution in [0.3, 0.4) is 0 Å². The van der Waals surface area contributed by atoms with Crippen LogP contribution in [0.1, 0.15) is 6.42 Å². The lowest BCUT2D eigenvalue weighted by Gasteiger charge is -2.15. The van der Waals surface area contributed by atoms with E-state index in [1.54, 1.807) is 0 Å². The van der Waals surface area contributed by atoms with E-state index in [1.165, 1.54) is 5.57 Å². The molecule has 0 unspecified atom stereocenters. The Morgan fingerprint density at radius 3 is 3.17 bits per heavy atom. The highest BCUT2D eigenvalue weighted by Gasteiger charge is 1.95. The summed E-state index contributed by atoms with van der Waals surface area (Å²) in [6.45, 7) is 1.73. The highest BCUT2D eigenvalue weighted by molar-refractivity contribution is 5.32. The van der Waals surface area contributed by atoms with E-state index in [1.807, 2.05) is 0 Å². The Morgan fingerprint density at radius 1 is 1.67 bits per heavy atom. The summed E-state index contributed by atoms with van der Waals surface area (Å²) in [5.41, 5.74) is 6.62. The maximum absolute atomic E-state index is 5.37. The van der Waals surface area contributed by atoms with Gasteiger partial charge in [0.15, 0.2) is 0 Å². The lowest BCUT2D eigenvalue weighted by molar-refractivity contribution is 0.502. The van der Waals surface area contributed by atoms with Crippen molar-refractivity contribution in [2.75, 3.05) is 20.1 Å². The Hall–Kier alpha value is -1.02. The van der Waals surface area contributed by atoms with Gasteiger partial charge in [0.2, 0.25) is 0 Å². The zero-order chi connectivity index (χ0) is 8.81. The van der Waals surface area contributed by atoms with Gasteiger partial charge in [-0.15, -0.1) is 0 Å². The van der Waals surface area contributed by atoms with Crippen molar-refractivity contribution in [3.05, 3.63) is 36.1 Å². The fourth-order valence-electron chi connectivity index (χ4n) is 1.12. The molecule has 0 aromatic rings. The van der Waals surface area contributed by atoms with Gasteiger partial charge in [-0.3, -0.25) is 0 Å². The molecule has 12 heavy (non-hydrogen) atoms. The Kier molecular flexibility index (Phi) is 3.61. The molecule has 0 fully saturated rings. The molecule has 2 nitrogen and oxygen atoms in total. The van der Waals surface area contributed by atoms with Crippen LogP contribution < -0.4 is 5.73 Å². The summed E-state index contributed by atoms with van der Waals surface area (Å²) in [5, 5.41) is 0. The molecule has 66 valence electrons. The first-order valence-corrected chi connectivity index (χ1v) is 4.28. The monoisotopic (exact) mass is 164 g/mol. The Bertz CT molecular complexity index is 214. The molecule has 1 rings (SSSR count). The van der Waals surface area contributed by atoms with Gasteiger partial charge in [-0.2, -0.15) is 0 Å². The molecule has 0 saturated carbocycles. The summed E-state index contributed by atoms with van der Waals surface area (Å²) < 4.78 is 0. The standard InChI is InChI=1S/C10H16N2/c1-12-8-4-6-10(9-12)5-2-3-7-11/h2,4-6,9H,3,7-8,11H2,1H3/b5-2+. The molecule has 0 radical (unpaired) electrons. The second-order valence-electron chi connectivity index (χ2n) is 2.95. The SMILES string of the molecule is CN1C=C(/C=C/CCN)C=CC1. The normalized spacial score (nSPS) is 17.2. The average molecular weight is 164 g/mol. The molecule has 0 aromatic heterocycles. The van der Waals surface area contributed by atoms with Crippen LogP contribution >= 0.6 is 0 Å². The summed E-state index contributed by atoms with van der Waals surface area (Å²) in [6.07, 6.45) is 11.6. The first-order valence-electron chi connectivity index (χ1n) is 4.28. The molecule has 1 aliphatic rings. The number of nitrogens with two attached hydrogens (primary N) is 1. The van der Waals surface area contributed by atoms with Gasteiger partial charge in [0.25, 0.3) is 0 Å². The van der Waals surface area contributed by atoms with Gasteiger partial charge < -0.3 is 10.6 Å². The van der Waals surface area contributed by atoms with Gasteiger partial charge in [-0.1, -0.05) is 24.3 Å². The van der Waals surface area contributed by atoms with Crippen LogP contribution in [0.25, 0.3) is 0 Å². The highest BCUT2D eigenvalue weighted by atomic mass is 15.1. The van der Waals surface area contributed by atoms with E-state index in [0.717, 1.165) is 19.5 Å². The van der Waals surface area contributed by atoms with E-state index in [4.69, 9.17) is 5.73 Å². The van der Waals surface area contributed by atoms with Crippen LogP contribution in [0.5, 0.6) is 0 Å². The number of allylic oxidation sites excluding steroid dienone is 3. The molecule has 0 spiro atoms. The number of likely N-dealkylation sites (N-methyl/N-ethyl adjacent to an activating group) is 1. The molecule has 2 heteroatoms. The zero-order valence-corrected chi connectivity index (χ0v) is 7.53. The molecule has 0 aliphatic carbocycles.